The Balaban J connectivity index is 3.03. The highest BCUT2D eigenvalue weighted by molar-refractivity contribution is 5.36. The lowest BCUT2D eigenvalue weighted by atomic mass is 9.85. The van der Waals surface area contributed by atoms with Gasteiger partial charge in [-0.2, -0.15) is 0 Å². The number of para-hydroxylation sites is 1. The standard InChI is InChI=1S/C17H29NO/c1-7-12(2)14-10-8-9-11-15(14)19-16(13(3)18)17(4,5)6/h8-13,16H,7,18H2,1-6H3. The summed E-state index contributed by atoms with van der Waals surface area (Å²) in [7, 11) is 0. The fraction of sp³-hybridized carbons (Fsp3) is 0.647. The minimum absolute atomic E-state index is 0.00462. The summed E-state index contributed by atoms with van der Waals surface area (Å²) in [5.41, 5.74) is 7.41. The molecular weight excluding hydrogens is 234 g/mol. The molecule has 0 radical (unpaired) electrons. The van der Waals surface area contributed by atoms with Gasteiger partial charge < -0.3 is 10.5 Å². The fourth-order valence-electron chi connectivity index (χ4n) is 2.42. The Morgan fingerprint density at radius 3 is 2.21 bits per heavy atom. The first-order chi connectivity index (χ1) is 8.77. The predicted molar refractivity (Wildman–Crippen MR) is 82.7 cm³/mol. The van der Waals surface area contributed by atoms with Gasteiger partial charge in [0.25, 0.3) is 0 Å². The first-order valence-corrected chi connectivity index (χ1v) is 7.28. The van der Waals surface area contributed by atoms with Gasteiger partial charge in [0.05, 0.1) is 0 Å². The summed E-state index contributed by atoms with van der Waals surface area (Å²) in [5.74, 6) is 1.49. The zero-order chi connectivity index (χ0) is 14.6. The second kappa shape index (κ2) is 6.42. The van der Waals surface area contributed by atoms with Crippen LogP contribution in [0.15, 0.2) is 24.3 Å². The molecule has 3 unspecified atom stereocenters. The zero-order valence-electron chi connectivity index (χ0n) is 13.2. The molecule has 0 aliphatic heterocycles. The molecule has 0 spiro atoms. The zero-order valence-corrected chi connectivity index (χ0v) is 13.2. The Hall–Kier alpha value is -1.02. The smallest absolute Gasteiger partial charge is 0.123 e. The molecule has 0 aliphatic rings. The molecule has 19 heavy (non-hydrogen) atoms. The lowest BCUT2D eigenvalue weighted by Crippen LogP contribution is -2.45. The van der Waals surface area contributed by atoms with Crippen LogP contribution in [0.4, 0.5) is 0 Å². The molecule has 1 aromatic carbocycles. The van der Waals surface area contributed by atoms with Crippen LogP contribution in [0.1, 0.15) is 59.4 Å². The molecule has 0 aliphatic carbocycles. The molecule has 2 heteroatoms. The molecule has 108 valence electrons. The Labute approximate surface area is 118 Å². The van der Waals surface area contributed by atoms with Gasteiger partial charge in [0.1, 0.15) is 11.9 Å². The van der Waals surface area contributed by atoms with Crippen molar-refractivity contribution < 1.29 is 4.74 Å². The maximum Gasteiger partial charge on any atom is 0.123 e. The largest absolute Gasteiger partial charge is 0.488 e. The Kier molecular flexibility index (Phi) is 5.42. The molecule has 0 saturated carbocycles. The fourth-order valence-corrected chi connectivity index (χ4v) is 2.42. The second-order valence-corrected chi connectivity index (χ2v) is 6.61. The average Bonchev–Trinajstić information content (AvgIpc) is 2.33. The van der Waals surface area contributed by atoms with Crippen LogP contribution in [0.25, 0.3) is 0 Å². The summed E-state index contributed by atoms with van der Waals surface area (Å²) in [6, 6.07) is 8.33. The SMILES string of the molecule is CCC(C)c1ccccc1OC(C(C)N)C(C)(C)C. The van der Waals surface area contributed by atoms with E-state index in [-0.39, 0.29) is 17.6 Å². The summed E-state index contributed by atoms with van der Waals surface area (Å²) >= 11 is 0. The third kappa shape index (κ3) is 4.24. The summed E-state index contributed by atoms with van der Waals surface area (Å²) in [4.78, 5) is 0. The van der Waals surface area contributed by atoms with Gasteiger partial charge in [-0.3, -0.25) is 0 Å². The monoisotopic (exact) mass is 263 g/mol. The topological polar surface area (TPSA) is 35.2 Å². The molecule has 0 heterocycles. The van der Waals surface area contributed by atoms with Crippen molar-refractivity contribution in [2.24, 2.45) is 11.1 Å². The molecular formula is C17H29NO. The summed E-state index contributed by atoms with van der Waals surface area (Å²) < 4.78 is 6.27. The van der Waals surface area contributed by atoms with E-state index in [1.165, 1.54) is 5.56 Å². The molecule has 2 nitrogen and oxygen atoms in total. The Morgan fingerprint density at radius 2 is 1.74 bits per heavy atom. The quantitative estimate of drug-likeness (QED) is 0.857. The van der Waals surface area contributed by atoms with Crippen molar-refractivity contribution in [3.05, 3.63) is 29.8 Å². The lowest BCUT2D eigenvalue weighted by Gasteiger charge is -2.35. The van der Waals surface area contributed by atoms with Crippen LogP contribution in [-0.2, 0) is 0 Å². The van der Waals surface area contributed by atoms with Gasteiger partial charge in [0, 0.05) is 11.5 Å². The average molecular weight is 263 g/mol. The van der Waals surface area contributed by atoms with Crippen molar-refractivity contribution in [3.63, 3.8) is 0 Å². The number of hydrogen-bond acceptors (Lipinski definition) is 2. The van der Waals surface area contributed by atoms with Crippen molar-refractivity contribution >= 4 is 0 Å². The predicted octanol–water partition coefficient (Wildman–Crippen LogP) is 4.34. The van der Waals surface area contributed by atoms with Gasteiger partial charge in [0.15, 0.2) is 0 Å². The third-order valence-corrected chi connectivity index (χ3v) is 3.65. The molecule has 2 N–H and O–H groups in total. The molecule has 1 rings (SSSR count). The number of ether oxygens (including phenoxy) is 1. The van der Waals surface area contributed by atoms with E-state index in [0.29, 0.717) is 5.92 Å². The van der Waals surface area contributed by atoms with E-state index in [1.54, 1.807) is 0 Å². The number of rotatable bonds is 5. The molecule has 0 saturated heterocycles. The normalized spacial score (nSPS) is 16.8. The van der Waals surface area contributed by atoms with Crippen LogP contribution in [0.2, 0.25) is 0 Å². The summed E-state index contributed by atoms with van der Waals surface area (Å²) in [5, 5.41) is 0. The van der Waals surface area contributed by atoms with Crippen LogP contribution < -0.4 is 10.5 Å². The third-order valence-electron chi connectivity index (χ3n) is 3.65. The minimum Gasteiger partial charge on any atom is -0.488 e. The van der Waals surface area contributed by atoms with Gasteiger partial charge >= 0.3 is 0 Å². The maximum absolute atomic E-state index is 6.27. The van der Waals surface area contributed by atoms with Gasteiger partial charge in [-0.1, -0.05) is 52.8 Å². The molecule has 3 atom stereocenters. The van der Waals surface area contributed by atoms with Gasteiger partial charge in [0.2, 0.25) is 0 Å². The van der Waals surface area contributed by atoms with Crippen LogP contribution >= 0.6 is 0 Å². The second-order valence-electron chi connectivity index (χ2n) is 6.61. The van der Waals surface area contributed by atoms with Gasteiger partial charge in [-0.15, -0.1) is 0 Å². The van der Waals surface area contributed by atoms with E-state index in [2.05, 4.69) is 52.8 Å². The summed E-state index contributed by atoms with van der Waals surface area (Å²) in [6.45, 7) is 13.0. The van der Waals surface area contributed by atoms with E-state index < -0.39 is 0 Å². The highest BCUT2D eigenvalue weighted by Gasteiger charge is 2.30. The van der Waals surface area contributed by atoms with Crippen molar-refractivity contribution in [3.8, 4) is 5.75 Å². The maximum atomic E-state index is 6.27. The summed E-state index contributed by atoms with van der Waals surface area (Å²) in [6.07, 6.45) is 1.12. The number of hydrogen-bond donors (Lipinski definition) is 1. The van der Waals surface area contributed by atoms with E-state index >= 15 is 0 Å². The molecule has 0 fully saturated rings. The van der Waals surface area contributed by atoms with Crippen LogP contribution in [-0.4, -0.2) is 12.1 Å². The molecule has 0 amide bonds. The minimum atomic E-state index is 0.00462. The first kappa shape index (κ1) is 16.0. The molecule has 0 aromatic heterocycles. The Bertz CT molecular complexity index is 392. The van der Waals surface area contributed by atoms with E-state index in [9.17, 15) is 0 Å². The molecule has 1 aromatic rings. The van der Waals surface area contributed by atoms with E-state index in [1.807, 2.05) is 13.0 Å². The van der Waals surface area contributed by atoms with Crippen molar-refractivity contribution in [2.45, 2.75) is 66.0 Å². The number of nitrogens with two attached hydrogens (primary N) is 1. The van der Waals surface area contributed by atoms with Crippen LogP contribution in [0.5, 0.6) is 5.75 Å². The van der Waals surface area contributed by atoms with Gasteiger partial charge in [-0.05, 0) is 30.9 Å². The van der Waals surface area contributed by atoms with Crippen molar-refractivity contribution in [2.75, 3.05) is 0 Å². The van der Waals surface area contributed by atoms with Crippen molar-refractivity contribution in [1.82, 2.24) is 0 Å². The molecule has 0 bridgehead atoms. The van der Waals surface area contributed by atoms with E-state index in [4.69, 9.17) is 10.5 Å². The highest BCUT2D eigenvalue weighted by atomic mass is 16.5. The van der Waals surface area contributed by atoms with Crippen LogP contribution in [0, 0.1) is 5.41 Å². The first-order valence-electron chi connectivity index (χ1n) is 7.28. The van der Waals surface area contributed by atoms with E-state index in [0.717, 1.165) is 12.2 Å². The van der Waals surface area contributed by atoms with Gasteiger partial charge in [-0.25, -0.2) is 0 Å². The van der Waals surface area contributed by atoms with Crippen LogP contribution in [0.3, 0.4) is 0 Å². The lowest BCUT2D eigenvalue weighted by molar-refractivity contribution is 0.0672. The van der Waals surface area contributed by atoms with Crippen molar-refractivity contribution in [1.29, 1.82) is 0 Å². The number of benzene rings is 1. The Morgan fingerprint density at radius 1 is 1.16 bits per heavy atom. The highest BCUT2D eigenvalue weighted by Crippen LogP contribution is 2.33.